The van der Waals surface area contributed by atoms with Gasteiger partial charge in [-0.3, -0.25) is 4.79 Å². The van der Waals surface area contributed by atoms with E-state index in [1.54, 1.807) is 23.8 Å². The number of ketones is 1. The van der Waals surface area contributed by atoms with Crippen LogP contribution in [-0.2, 0) is 11.3 Å². The number of aromatic nitrogens is 3. The summed E-state index contributed by atoms with van der Waals surface area (Å²) in [4.78, 5) is 18.2. The first-order valence-corrected chi connectivity index (χ1v) is 7.81. The van der Waals surface area contributed by atoms with Crippen LogP contribution in [0.25, 0.3) is 5.65 Å². The number of ether oxygens (including phenoxy) is 1. The molecule has 0 amide bonds. The monoisotopic (exact) mass is 324 g/mol. The summed E-state index contributed by atoms with van der Waals surface area (Å²) in [6.45, 7) is 3.93. The first-order valence-electron chi connectivity index (χ1n) is 7.81. The van der Waals surface area contributed by atoms with Gasteiger partial charge in [-0.1, -0.05) is 30.3 Å². The average molecular weight is 324 g/mol. The van der Waals surface area contributed by atoms with E-state index in [9.17, 15) is 4.79 Å². The van der Waals surface area contributed by atoms with E-state index in [0.29, 0.717) is 18.1 Å². The average Bonchev–Trinajstić information content (AvgIpc) is 3.02. The zero-order chi connectivity index (χ0) is 17.1. The molecule has 1 atom stereocenters. The molecule has 1 aromatic carbocycles. The number of anilines is 1. The molecule has 0 fully saturated rings. The molecule has 0 aliphatic carbocycles. The van der Waals surface area contributed by atoms with Crippen LogP contribution in [0.4, 0.5) is 5.82 Å². The van der Waals surface area contributed by atoms with E-state index in [1.807, 2.05) is 36.2 Å². The molecule has 0 aliphatic heterocycles. The van der Waals surface area contributed by atoms with Crippen LogP contribution in [0.3, 0.4) is 0 Å². The Hall–Kier alpha value is -2.89. The quantitative estimate of drug-likeness (QED) is 0.698. The number of carbonyl (C=O) groups excluding carboxylic acids is 1. The normalized spacial score (nSPS) is 12.1. The van der Waals surface area contributed by atoms with E-state index in [0.717, 1.165) is 5.65 Å². The highest BCUT2D eigenvalue weighted by atomic mass is 16.5. The van der Waals surface area contributed by atoms with Gasteiger partial charge in [0.1, 0.15) is 0 Å². The van der Waals surface area contributed by atoms with E-state index in [-0.39, 0.29) is 5.78 Å². The van der Waals surface area contributed by atoms with Crippen molar-refractivity contribution in [2.45, 2.75) is 26.5 Å². The molecule has 3 rings (SSSR count). The Labute approximate surface area is 140 Å². The first kappa shape index (κ1) is 16.0. The minimum atomic E-state index is -0.538. The Morgan fingerprint density at radius 1 is 1.29 bits per heavy atom. The predicted molar refractivity (Wildman–Crippen MR) is 92.3 cm³/mol. The van der Waals surface area contributed by atoms with Crippen molar-refractivity contribution >= 4 is 17.2 Å². The summed E-state index contributed by atoms with van der Waals surface area (Å²) in [5.74, 6) is 1.18. The molecule has 1 unspecified atom stereocenters. The van der Waals surface area contributed by atoms with Gasteiger partial charge in [-0.05, 0) is 19.4 Å². The van der Waals surface area contributed by atoms with Crippen LogP contribution in [0.5, 0.6) is 5.75 Å². The highest BCUT2D eigenvalue weighted by Gasteiger charge is 2.18. The van der Waals surface area contributed by atoms with Crippen molar-refractivity contribution in [3.05, 3.63) is 54.4 Å². The maximum absolute atomic E-state index is 11.6. The third-order valence-corrected chi connectivity index (χ3v) is 3.83. The van der Waals surface area contributed by atoms with Gasteiger partial charge in [0.25, 0.3) is 0 Å². The van der Waals surface area contributed by atoms with E-state index >= 15 is 0 Å². The lowest BCUT2D eigenvalue weighted by Crippen LogP contribution is -2.24. The van der Waals surface area contributed by atoms with Crippen LogP contribution in [0.2, 0.25) is 0 Å². The molecular formula is C18H20N4O2. The van der Waals surface area contributed by atoms with Crippen molar-refractivity contribution in [3.63, 3.8) is 0 Å². The first-order chi connectivity index (χ1) is 11.5. The molecule has 124 valence electrons. The summed E-state index contributed by atoms with van der Waals surface area (Å²) in [7, 11) is 1.95. The van der Waals surface area contributed by atoms with Crippen LogP contribution in [-0.4, -0.2) is 33.5 Å². The summed E-state index contributed by atoms with van der Waals surface area (Å²) in [5, 5.41) is 4.19. The maximum atomic E-state index is 11.6. The zero-order valence-corrected chi connectivity index (χ0v) is 14.0. The fourth-order valence-electron chi connectivity index (χ4n) is 2.39. The Bertz CT molecular complexity index is 845. The number of benzene rings is 1. The molecule has 6 heteroatoms. The van der Waals surface area contributed by atoms with E-state index in [1.165, 1.54) is 12.5 Å². The van der Waals surface area contributed by atoms with Gasteiger partial charge in [-0.2, -0.15) is 5.10 Å². The molecule has 2 heterocycles. The molecule has 0 aliphatic rings. The molecule has 0 spiro atoms. The molecule has 0 saturated carbocycles. The minimum Gasteiger partial charge on any atom is -0.477 e. The van der Waals surface area contributed by atoms with Crippen molar-refractivity contribution in [1.82, 2.24) is 14.6 Å². The van der Waals surface area contributed by atoms with Gasteiger partial charge in [0, 0.05) is 19.7 Å². The Kier molecular flexibility index (Phi) is 4.46. The van der Waals surface area contributed by atoms with Crippen LogP contribution < -0.4 is 9.64 Å². The van der Waals surface area contributed by atoms with Gasteiger partial charge in [-0.15, -0.1) is 0 Å². The number of Topliss-reactive ketones (excluding diaryl/α,β-unsaturated/α-hetero) is 1. The standard InChI is InChI=1S/C18H20N4O2/c1-13(23)14(2)24-16-12-22-17(9-10-19-22)20-18(16)21(3)11-15-7-5-4-6-8-15/h4-10,12,14H,11H2,1-3H3. The van der Waals surface area contributed by atoms with Crippen molar-refractivity contribution < 1.29 is 9.53 Å². The smallest absolute Gasteiger partial charge is 0.181 e. The molecule has 0 saturated heterocycles. The SMILES string of the molecule is CC(=O)C(C)Oc1cn2nccc2nc1N(C)Cc1ccccc1. The van der Waals surface area contributed by atoms with Crippen LogP contribution in [0.15, 0.2) is 48.8 Å². The van der Waals surface area contributed by atoms with Gasteiger partial charge in [0.2, 0.25) is 0 Å². The number of fused-ring (bicyclic) bond motifs is 1. The number of rotatable bonds is 6. The lowest BCUT2D eigenvalue weighted by atomic mass is 10.2. The molecule has 0 radical (unpaired) electrons. The Morgan fingerprint density at radius 2 is 2.04 bits per heavy atom. The second kappa shape index (κ2) is 6.70. The fourth-order valence-corrected chi connectivity index (χ4v) is 2.39. The highest BCUT2D eigenvalue weighted by Crippen LogP contribution is 2.28. The van der Waals surface area contributed by atoms with E-state index in [2.05, 4.69) is 22.2 Å². The third-order valence-electron chi connectivity index (χ3n) is 3.83. The predicted octanol–water partition coefficient (Wildman–Crippen LogP) is 2.72. The van der Waals surface area contributed by atoms with Gasteiger partial charge >= 0.3 is 0 Å². The van der Waals surface area contributed by atoms with E-state index < -0.39 is 6.10 Å². The van der Waals surface area contributed by atoms with E-state index in [4.69, 9.17) is 4.74 Å². The minimum absolute atomic E-state index is 0.0350. The zero-order valence-electron chi connectivity index (χ0n) is 14.0. The lowest BCUT2D eigenvalue weighted by molar-refractivity contribution is -0.122. The molecule has 3 aromatic rings. The summed E-state index contributed by atoms with van der Waals surface area (Å²) < 4.78 is 7.47. The molecule has 6 nitrogen and oxygen atoms in total. The van der Waals surface area contributed by atoms with Crippen molar-refractivity contribution in [3.8, 4) is 5.75 Å². The highest BCUT2D eigenvalue weighted by molar-refractivity contribution is 5.80. The second-order valence-corrected chi connectivity index (χ2v) is 5.78. The molecule has 0 bridgehead atoms. The van der Waals surface area contributed by atoms with Crippen molar-refractivity contribution in [2.24, 2.45) is 0 Å². The maximum Gasteiger partial charge on any atom is 0.181 e. The van der Waals surface area contributed by atoms with Gasteiger partial charge in [0.05, 0.1) is 12.4 Å². The summed E-state index contributed by atoms with van der Waals surface area (Å²) >= 11 is 0. The Morgan fingerprint density at radius 3 is 2.75 bits per heavy atom. The van der Waals surface area contributed by atoms with Crippen LogP contribution in [0.1, 0.15) is 19.4 Å². The second-order valence-electron chi connectivity index (χ2n) is 5.78. The number of nitrogens with zero attached hydrogens (tertiary/aromatic N) is 4. The van der Waals surface area contributed by atoms with Crippen LogP contribution >= 0.6 is 0 Å². The topological polar surface area (TPSA) is 59.7 Å². The largest absolute Gasteiger partial charge is 0.477 e. The number of hydrogen-bond donors (Lipinski definition) is 0. The van der Waals surface area contributed by atoms with Gasteiger partial charge in [-0.25, -0.2) is 9.50 Å². The lowest BCUT2D eigenvalue weighted by Gasteiger charge is -2.22. The summed E-state index contributed by atoms with van der Waals surface area (Å²) in [5.41, 5.74) is 1.90. The molecule has 0 N–H and O–H groups in total. The van der Waals surface area contributed by atoms with Gasteiger partial charge < -0.3 is 9.64 Å². The molecular weight excluding hydrogens is 304 g/mol. The van der Waals surface area contributed by atoms with Crippen molar-refractivity contribution in [1.29, 1.82) is 0 Å². The number of carbonyl (C=O) groups is 1. The molecule has 2 aromatic heterocycles. The number of hydrogen-bond acceptors (Lipinski definition) is 5. The summed E-state index contributed by atoms with van der Waals surface area (Å²) in [6, 6.07) is 12.0. The van der Waals surface area contributed by atoms with Crippen molar-refractivity contribution in [2.75, 3.05) is 11.9 Å². The summed E-state index contributed by atoms with van der Waals surface area (Å²) in [6.07, 6.45) is 2.91. The third kappa shape index (κ3) is 3.37. The fraction of sp³-hybridized carbons (Fsp3) is 0.278. The van der Waals surface area contributed by atoms with Crippen LogP contribution in [0, 0.1) is 0 Å². The Balaban J connectivity index is 1.95. The van der Waals surface area contributed by atoms with Gasteiger partial charge in [0.15, 0.2) is 29.1 Å². The molecule has 24 heavy (non-hydrogen) atoms.